The van der Waals surface area contributed by atoms with E-state index in [2.05, 4.69) is 27.7 Å². The monoisotopic (exact) mass is 1540 g/mol. The Morgan fingerprint density at radius 3 is 0.358 bits per heavy atom. The summed E-state index contributed by atoms with van der Waals surface area (Å²) in [6.45, 7) is 16.2. The van der Waals surface area contributed by atoms with E-state index in [1.807, 2.05) is 27.7 Å². The maximum atomic E-state index is 14.0. The highest BCUT2D eigenvalue weighted by Crippen LogP contribution is 2.29. The molecule has 0 aliphatic heterocycles. The van der Waals surface area contributed by atoms with Gasteiger partial charge in [0.2, 0.25) is 0 Å². The molecule has 0 N–H and O–H groups in total. The zero-order valence-electron chi connectivity index (χ0n) is 75.5. The van der Waals surface area contributed by atoms with Gasteiger partial charge in [0, 0.05) is 0 Å². The molecule has 4 atom stereocenters. The van der Waals surface area contributed by atoms with Gasteiger partial charge in [-0.25, -0.2) is 0 Å². The van der Waals surface area contributed by atoms with Gasteiger partial charge < -0.3 is 18.9 Å². The van der Waals surface area contributed by atoms with Gasteiger partial charge >= 0.3 is 23.9 Å². The molecule has 0 amide bonds. The van der Waals surface area contributed by atoms with Crippen LogP contribution in [0.1, 0.15) is 569 Å². The van der Waals surface area contributed by atoms with Crippen molar-refractivity contribution in [1.29, 1.82) is 0 Å². The Bertz CT molecular complexity index is 1590. The van der Waals surface area contributed by atoms with Crippen molar-refractivity contribution in [2.24, 2.45) is 29.1 Å². The number of carbonyl (C=O) groups is 4. The molecular weight excluding hydrogens is 1340 g/mol. The van der Waals surface area contributed by atoms with Crippen LogP contribution in [0.3, 0.4) is 0 Å². The molecule has 0 aliphatic rings. The molecule has 109 heavy (non-hydrogen) atoms. The van der Waals surface area contributed by atoms with E-state index in [1.54, 1.807) is 0 Å². The van der Waals surface area contributed by atoms with E-state index in [1.165, 1.54) is 437 Å². The number of carbonyl (C=O) groups excluding carboxylic acids is 4. The lowest BCUT2D eigenvalue weighted by molar-refractivity contribution is -0.175. The van der Waals surface area contributed by atoms with Gasteiger partial charge in [0.1, 0.15) is 31.8 Å². The number of esters is 4. The van der Waals surface area contributed by atoms with E-state index >= 15 is 0 Å². The predicted octanol–water partition coefficient (Wildman–Crippen LogP) is 34.0. The van der Waals surface area contributed by atoms with Crippen LogP contribution in [-0.4, -0.2) is 50.3 Å². The Morgan fingerprint density at radius 2 is 0.257 bits per heavy atom. The molecule has 0 aromatic rings. The summed E-state index contributed by atoms with van der Waals surface area (Å²) in [6, 6.07) is 0. The zero-order chi connectivity index (χ0) is 79.3. The summed E-state index contributed by atoms with van der Waals surface area (Å²) in [5.74, 6) is -2.56. The molecule has 4 unspecified atom stereocenters. The molecule has 8 nitrogen and oxygen atoms in total. The average Bonchev–Trinajstić information content (AvgIpc) is 0.843. The first kappa shape index (κ1) is 107. The van der Waals surface area contributed by atoms with Crippen molar-refractivity contribution in [2.75, 3.05) is 26.4 Å². The molecule has 0 fully saturated rings. The standard InChI is InChI=1S/C101H196O8/c1-9-13-17-21-25-29-33-37-41-45-49-53-57-61-65-69-73-77-81-85-93(5)97(102)106-89-101(90-107-98(103)94(6)86-82-78-74-70-66-62-58-54-50-46-42-38-34-30-26-22-18-14-10-2,91-108-99(104)95(7)87-83-79-75-71-67-63-59-55-51-47-43-39-35-31-27-23-19-15-11-3)92-109-100(105)96(8)88-84-80-76-72-68-64-60-56-52-48-44-40-36-32-28-24-20-16-12-4/h93-96H,9-92H2,1-8H3. The van der Waals surface area contributed by atoms with Gasteiger partial charge in [-0.1, -0.05) is 543 Å². The second kappa shape index (κ2) is 86.7. The summed E-state index contributed by atoms with van der Waals surface area (Å²) in [7, 11) is 0. The van der Waals surface area contributed by atoms with E-state index in [4.69, 9.17) is 18.9 Å². The van der Waals surface area contributed by atoms with Gasteiger partial charge in [-0.05, 0) is 25.7 Å². The summed E-state index contributed by atoms with van der Waals surface area (Å²) in [5, 5.41) is 0. The lowest BCUT2D eigenvalue weighted by Crippen LogP contribution is -2.45. The third-order valence-electron chi connectivity index (χ3n) is 24.7. The molecule has 0 rings (SSSR count). The fourth-order valence-electron chi connectivity index (χ4n) is 16.3. The second-order valence-electron chi connectivity index (χ2n) is 36.1. The van der Waals surface area contributed by atoms with Gasteiger partial charge in [-0.2, -0.15) is 0 Å². The van der Waals surface area contributed by atoms with Crippen LogP contribution >= 0.6 is 0 Å². The number of ether oxygens (including phenoxy) is 4. The summed E-state index contributed by atoms with van der Waals surface area (Å²) < 4.78 is 25.0. The molecular formula is C101H196O8. The van der Waals surface area contributed by atoms with Crippen LogP contribution in [0.15, 0.2) is 0 Å². The quantitative estimate of drug-likeness (QED) is 0.0337. The van der Waals surface area contributed by atoms with Crippen LogP contribution in [0, 0.1) is 29.1 Å². The van der Waals surface area contributed by atoms with Gasteiger partial charge in [-0.15, -0.1) is 0 Å². The lowest BCUT2D eigenvalue weighted by atomic mass is 9.91. The molecule has 0 aliphatic carbocycles. The summed E-state index contributed by atoms with van der Waals surface area (Å²) in [6.07, 6.45) is 104. The van der Waals surface area contributed by atoms with E-state index in [0.717, 1.165) is 77.0 Å². The molecule has 0 aromatic carbocycles. The summed E-state index contributed by atoms with van der Waals surface area (Å²) in [4.78, 5) is 56.2. The molecule has 0 saturated carbocycles. The molecule has 0 saturated heterocycles. The highest BCUT2D eigenvalue weighted by atomic mass is 16.6. The van der Waals surface area contributed by atoms with Crippen molar-refractivity contribution in [1.82, 2.24) is 0 Å². The Labute approximate surface area is 682 Å². The molecule has 0 aromatic heterocycles. The van der Waals surface area contributed by atoms with Crippen LogP contribution in [-0.2, 0) is 38.1 Å². The third-order valence-corrected chi connectivity index (χ3v) is 24.7. The van der Waals surface area contributed by atoms with E-state index in [9.17, 15) is 19.2 Å². The molecule has 0 bridgehead atoms. The van der Waals surface area contributed by atoms with E-state index < -0.39 is 5.41 Å². The maximum absolute atomic E-state index is 14.0. The number of hydrogen-bond acceptors (Lipinski definition) is 8. The summed E-state index contributed by atoms with van der Waals surface area (Å²) in [5.41, 5.74) is -1.27. The fraction of sp³-hybridized carbons (Fsp3) is 0.960. The van der Waals surface area contributed by atoms with Gasteiger partial charge in [0.15, 0.2) is 0 Å². The highest BCUT2D eigenvalue weighted by Gasteiger charge is 2.40. The lowest BCUT2D eigenvalue weighted by Gasteiger charge is -2.33. The smallest absolute Gasteiger partial charge is 0.308 e. The summed E-state index contributed by atoms with van der Waals surface area (Å²) >= 11 is 0. The van der Waals surface area contributed by atoms with Crippen molar-refractivity contribution in [3.63, 3.8) is 0 Å². The Hall–Kier alpha value is -2.12. The van der Waals surface area contributed by atoms with Crippen LogP contribution in [0.25, 0.3) is 0 Å². The van der Waals surface area contributed by atoms with E-state index in [-0.39, 0.29) is 74.0 Å². The first-order valence-electron chi connectivity index (χ1n) is 50.1. The first-order valence-corrected chi connectivity index (χ1v) is 50.1. The molecule has 648 valence electrons. The predicted molar refractivity (Wildman–Crippen MR) is 475 cm³/mol. The Kier molecular flexibility index (Phi) is 85.0. The maximum Gasteiger partial charge on any atom is 0.308 e. The molecule has 8 heteroatoms. The Balaban J connectivity index is 5.70. The van der Waals surface area contributed by atoms with Crippen molar-refractivity contribution >= 4 is 23.9 Å². The minimum Gasteiger partial charge on any atom is -0.464 e. The van der Waals surface area contributed by atoms with Gasteiger partial charge in [0.25, 0.3) is 0 Å². The van der Waals surface area contributed by atoms with Crippen molar-refractivity contribution in [3.05, 3.63) is 0 Å². The average molecular weight is 1540 g/mol. The highest BCUT2D eigenvalue weighted by molar-refractivity contribution is 5.74. The van der Waals surface area contributed by atoms with Crippen molar-refractivity contribution in [2.45, 2.75) is 569 Å². The SMILES string of the molecule is CCCCCCCCCCCCCCCCCCCCCC(C)C(=O)OCC(COC(=O)C(C)CCCCCCCCCCCCCCCCCCCCC)(COC(=O)C(C)CCCCCCCCCCCCCCCCCCCCC)COC(=O)C(C)CCCCCCCCCCCCCCCCCCCCC. The van der Waals surface area contributed by atoms with Crippen LogP contribution in [0.5, 0.6) is 0 Å². The number of hydrogen-bond donors (Lipinski definition) is 0. The van der Waals surface area contributed by atoms with Crippen LogP contribution in [0.4, 0.5) is 0 Å². The Morgan fingerprint density at radius 1 is 0.165 bits per heavy atom. The topological polar surface area (TPSA) is 105 Å². The number of unbranched alkanes of at least 4 members (excludes halogenated alkanes) is 72. The minimum atomic E-state index is -1.27. The van der Waals surface area contributed by atoms with Crippen LogP contribution in [0.2, 0.25) is 0 Å². The molecule has 0 radical (unpaired) electrons. The minimum absolute atomic E-state index is 0.182. The number of rotatable bonds is 92. The first-order chi connectivity index (χ1) is 53.5. The molecule has 0 spiro atoms. The van der Waals surface area contributed by atoms with E-state index in [0.29, 0.717) is 0 Å². The normalized spacial score (nSPS) is 13.4. The molecule has 0 heterocycles. The van der Waals surface area contributed by atoms with Crippen LogP contribution < -0.4 is 0 Å². The fourth-order valence-corrected chi connectivity index (χ4v) is 16.3. The van der Waals surface area contributed by atoms with Crippen molar-refractivity contribution < 1.29 is 38.1 Å². The van der Waals surface area contributed by atoms with Gasteiger partial charge in [0.05, 0.1) is 23.7 Å². The van der Waals surface area contributed by atoms with Gasteiger partial charge in [-0.3, -0.25) is 19.2 Å². The largest absolute Gasteiger partial charge is 0.464 e. The second-order valence-corrected chi connectivity index (χ2v) is 36.1. The zero-order valence-corrected chi connectivity index (χ0v) is 75.5. The van der Waals surface area contributed by atoms with Crippen molar-refractivity contribution in [3.8, 4) is 0 Å². The third kappa shape index (κ3) is 76.9.